The molecule has 1 saturated heterocycles. The first-order valence-electron chi connectivity index (χ1n) is 7.13. The van der Waals surface area contributed by atoms with Crippen molar-refractivity contribution in [2.75, 3.05) is 39.8 Å². The molecule has 0 spiro atoms. The fourth-order valence-corrected chi connectivity index (χ4v) is 2.87. The molecule has 1 fully saturated rings. The van der Waals surface area contributed by atoms with Gasteiger partial charge in [-0.25, -0.2) is 4.39 Å². The van der Waals surface area contributed by atoms with E-state index in [0.29, 0.717) is 12.6 Å². The lowest BCUT2D eigenvalue weighted by atomic mass is 10.2. The fraction of sp³-hybridized carbons (Fsp3) is 0.600. The van der Waals surface area contributed by atoms with Gasteiger partial charge in [0.05, 0.1) is 0 Å². The van der Waals surface area contributed by atoms with Gasteiger partial charge in [0, 0.05) is 49.8 Å². The van der Waals surface area contributed by atoms with Crippen LogP contribution in [0.1, 0.15) is 12.5 Å². The predicted molar refractivity (Wildman–Crippen MR) is 84.3 cm³/mol. The minimum Gasteiger partial charge on any atom is -0.311 e. The van der Waals surface area contributed by atoms with Gasteiger partial charge in [0.2, 0.25) is 0 Å². The van der Waals surface area contributed by atoms with Gasteiger partial charge in [0.1, 0.15) is 5.82 Å². The molecule has 5 heteroatoms. The number of likely N-dealkylation sites (N-methyl/N-ethyl adjacent to an activating group) is 1. The molecule has 1 heterocycles. The monoisotopic (exact) mass is 343 g/mol. The van der Waals surface area contributed by atoms with E-state index in [1.165, 1.54) is 6.07 Å². The van der Waals surface area contributed by atoms with Crippen LogP contribution in [0.2, 0.25) is 0 Å². The van der Waals surface area contributed by atoms with Gasteiger partial charge in [-0.3, -0.25) is 4.90 Å². The van der Waals surface area contributed by atoms with Crippen molar-refractivity contribution in [3.63, 3.8) is 0 Å². The summed E-state index contributed by atoms with van der Waals surface area (Å²) in [5.41, 5.74) is 0.968. The molecule has 0 radical (unpaired) electrons. The van der Waals surface area contributed by atoms with E-state index in [1.54, 1.807) is 12.1 Å². The van der Waals surface area contributed by atoms with Crippen molar-refractivity contribution in [1.29, 1.82) is 0 Å². The van der Waals surface area contributed by atoms with E-state index in [1.807, 2.05) is 0 Å². The van der Waals surface area contributed by atoms with Crippen LogP contribution < -0.4 is 5.32 Å². The fourth-order valence-electron chi connectivity index (χ4n) is 2.49. The van der Waals surface area contributed by atoms with E-state index in [2.05, 4.69) is 45.0 Å². The smallest absolute Gasteiger partial charge is 0.123 e. The molecule has 1 aromatic rings. The zero-order valence-electron chi connectivity index (χ0n) is 12.2. The van der Waals surface area contributed by atoms with Crippen LogP contribution in [0, 0.1) is 5.82 Å². The lowest BCUT2D eigenvalue weighted by Crippen LogP contribution is -2.50. The zero-order valence-corrected chi connectivity index (χ0v) is 13.8. The Balaban J connectivity index is 1.76. The van der Waals surface area contributed by atoms with Crippen molar-refractivity contribution in [3.8, 4) is 0 Å². The van der Waals surface area contributed by atoms with Crippen LogP contribution in [0.25, 0.3) is 0 Å². The van der Waals surface area contributed by atoms with E-state index in [9.17, 15) is 4.39 Å². The summed E-state index contributed by atoms with van der Waals surface area (Å²) < 4.78 is 14.2. The Morgan fingerprint density at radius 1 is 1.30 bits per heavy atom. The lowest BCUT2D eigenvalue weighted by Gasteiger charge is -2.36. The maximum absolute atomic E-state index is 13.2. The minimum atomic E-state index is -0.183. The van der Waals surface area contributed by atoms with Gasteiger partial charge in [0.25, 0.3) is 0 Å². The van der Waals surface area contributed by atoms with E-state index in [0.717, 1.165) is 42.8 Å². The van der Waals surface area contributed by atoms with Gasteiger partial charge < -0.3 is 10.2 Å². The van der Waals surface area contributed by atoms with Crippen LogP contribution in [0.5, 0.6) is 0 Å². The van der Waals surface area contributed by atoms with E-state index in [-0.39, 0.29) is 5.82 Å². The molecular weight excluding hydrogens is 321 g/mol. The van der Waals surface area contributed by atoms with Gasteiger partial charge in [0.15, 0.2) is 0 Å². The molecule has 1 atom stereocenters. The first-order valence-corrected chi connectivity index (χ1v) is 7.93. The standard InChI is InChI=1S/C15H23BrFN3/c1-12(20-7-5-19(2)6-8-20)10-18-11-13-9-14(17)3-4-15(13)16/h3-4,9,12,18H,5-8,10-11H2,1-2H3. The van der Waals surface area contributed by atoms with Gasteiger partial charge in [-0.15, -0.1) is 0 Å². The molecule has 1 aromatic carbocycles. The molecule has 1 N–H and O–H groups in total. The second-order valence-electron chi connectivity index (χ2n) is 5.55. The summed E-state index contributed by atoms with van der Waals surface area (Å²) >= 11 is 3.46. The Morgan fingerprint density at radius 3 is 2.70 bits per heavy atom. The summed E-state index contributed by atoms with van der Waals surface area (Å²) in [4.78, 5) is 4.87. The van der Waals surface area contributed by atoms with Crippen molar-refractivity contribution in [2.24, 2.45) is 0 Å². The van der Waals surface area contributed by atoms with Gasteiger partial charge in [-0.05, 0) is 37.7 Å². The van der Waals surface area contributed by atoms with Crippen LogP contribution in [0.15, 0.2) is 22.7 Å². The number of nitrogens with zero attached hydrogens (tertiary/aromatic N) is 2. The van der Waals surface area contributed by atoms with E-state index >= 15 is 0 Å². The molecule has 0 aliphatic carbocycles. The Kier molecular flexibility index (Phi) is 5.96. The highest BCUT2D eigenvalue weighted by Crippen LogP contribution is 2.17. The molecule has 0 bridgehead atoms. The number of benzene rings is 1. The Labute approximate surface area is 129 Å². The predicted octanol–water partition coefficient (Wildman–Crippen LogP) is 2.31. The molecule has 0 saturated carbocycles. The maximum atomic E-state index is 13.2. The average Bonchev–Trinajstić information content (AvgIpc) is 2.43. The van der Waals surface area contributed by atoms with E-state index in [4.69, 9.17) is 0 Å². The number of hydrogen-bond donors (Lipinski definition) is 1. The number of halogens is 2. The normalized spacial score (nSPS) is 19.2. The van der Waals surface area contributed by atoms with Gasteiger partial charge in [-0.1, -0.05) is 15.9 Å². The number of rotatable bonds is 5. The Bertz CT molecular complexity index is 433. The lowest BCUT2D eigenvalue weighted by molar-refractivity contribution is 0.118. The first-order chi connectivity index (χ1) is 9.56. The number of piperazine rings is 1. The highest BCUT2D eigenvalue weighted by Gasteiger charge is 2.18. The topological polar surface area (TPSA) is 18.5 Å². The molecule has 2 rings (SSSR count). The van der Waals surface area contributed by atoms with Crippen LogP contribution in [0.3, 0.4) is 0 Å². The summed E-state index contributed by atoms with van der Waals surface area (Å²) in [6, 6.07) is 5.32. The second kappa shape index (κ2) is 7.50. The number of hydrogen-bond acceptors (Lipinski definition) is 3. The Hall–Kier alpha value is -0.490. The third-order valence-corrected chi connectivity index (χ3v) is 4.70. The van der Waals surface area contributed by atoms with Crippen LogP contribution in [-0.2, 0) is 6.54 Å². The molecule has 1 aliphatic heterocycles. The first kappa shape index (κ1) is 15.9. The maximum Gasteiger partial charge on any atom is 0.123 e. The highest BCUT2D eigenvalue weighted by molar-refractivity contribution is 9.10. The zero-order chi connectivity index (χ0) is 14.5. The van der Waals surface area contributed by atoms with Crippen LogP contribution >= 0.6 is 15.9 Å². The molecule has 0 amide bonds. The van der Waals surface area contributed by atoms with Crippen molar-refractivity contribution in [2.45, 2.75) is 19.5 Å². The molecule has 3 nitrogen and oxygen atoms in total. The quantitative estimate of drug-likeness (QED) is 0.885. The largest absolute Gasteiger partial charge is 0.311 e. The van der Waals surface area contributed by atoms with Crippen molar-refractivity contribution in [1.82, 2.24) is 15.1 Å². The second-order valence-corrected chi connectivity index (χ2v) is 6.41. The summed E-state index contributed by atoms with van der Waals surface area (Å²) in [7, 11) is 2.17. The van der Waals surface area contributed by atoms with Crippen LogP contribution in [0.4, 0.5) is 4.39 Å². The summed E-state index contributed by atoms with van der Waals surface area (Å²) in [5, 5.41) is 3.43. The van der Waals surface area contributed by atoms with Gasteiger partial charge in [-0.2, -0.15) is 0 Å². The molecule has 20 heavy (non-hydrogen) atoms. The number of nitrogens with one attached hydrogen (secondary N) is 1. The van der Waals surface area contributed by atoms with Crippen LogP contribution in [-0.4, -0.2) is 55.6 Å². The third kappa shape index (κ3) is 4.52. The van der Waals surface area contributed by atoms with Crippen molar-refractivity contribution >= 4 is 15.9 Å². The molecule has 1 aliphatic rings. The SMILES string of the molecule is CC(CNCc1cc(F)ccc1Br)N1CCN(C)CC1. The molecule has 112 valence electrons. The minimum absolute atomic E-state index is 0.183. The van der Waals surface area contributed by atoms with Crippen molar-refractivity contribution < 1.29 is 4.39 Å². The molecular formula is C15H23BrFN3. The summed E-state index contributed by atoms with van der Waals surface area (Å²) in [6.07, 6.45) is 0. The Morgan fingerprint density at radius 2 is 2.00 bits per heavy atom. The average molecular weight is 344 g/mol. The third-order valence-electron chi connectivity index (χ3n) is 3.92. The van der Waals surface area contributed by atoms with E-state index < -0.39 is 0 Å². The highest BCUT2D eigenvalue weighted by atomic mass is 79.9. The molecule has 0 aromatic heterocycles. The summed E-state index contributed by atoms with van der Waals surface area (Å²) in [5.74, 6) is -0.183. The molecule has 1 unspecified atom stereocenters. The van der Waals surface area contributed by atoms with Crippen molar-refractivity contribution in [3.05, 3.63) is 34.1 Å². The summed E-state index contributed by atoms with van der Waals surface area (Å²) in [6.45, 7) is 8.40. The van der Waals surface area contributed by atoms with Gasteiger partial charge >= 0.3 is 0 Å².